The van der Waals surface area contributed by atoms with Gasteiger partial charge in [-0.25, -0.2) is 0 Å². The Labute approximate surface area is 94.8 Å². The molecular formula is C15H26. The van der Waals surface area contributed by atoms with Gasteiger partial charge in [0.1, 0.15) is 0 Å². The normalized spacial score (nSPS) is 49.6. The molecule has 0 N–H and O–H groups in total. The molecule has 0 heteroatoms. The van der Waals surface area contributed by atoms with E-state index in [0.29, 0.717) is 0 Å². The van der Waals surface area contributed by atoms with Crippen LogP contribution in [0.5, 0.6) is 0 Å². The molecule has 0 amide bonds. The maximum atomic E-state index is 2.55. The van der Waals surface area contributed by atoms with Gasteiger partial charge in [0.25, 0.3) is 0 Å². The van der Waals surface area contributed by atoms with Crippen molar-refractivity contribution in [3.05, 3.63) is 0 Å². The van der Waals surface area contributed by atoms with Crippen LogP contribution in [0.2, 0.25) is 0 Å². The van der Waals surface area contributed by atoms with Gasteiger partial charge in [-0.3, -0.25) is 0 Å². The molecule has 4 aliphatic rings. The van der Waals surface area contributed by atoms with E-state index in [1.807, 2.05) is 0 Å². The van der Waals surface area contributed by atoms with E-state index >= 15 is 0 Å². The van der Waals surface area contributed by atoms with E-state index in [1.54, 1.807) is 38.5 Å². The zero-order chi connectivity index (χ0) is 10.5. The maximum absolute atomic E-state index is 2.55. The monoisotopic (exact) mass is 206 g/mol. The van der Waals surface area contributed by atoms with Gasteiger partial charge in [-0.15, -0.1) is 0 Å². The zero-order valence-electron chi connectivity index (χ0n) is 10.5. The summed E-state index contributed by atoms with van der Waals surface area (Å²) >= 11 is 0. The first-order valence-electron chi connectivity index (χ1n) is 7.22. The van der Waals surface area contributed by atoms with Crippen LogP contribution in [0, 0.1) is 29.1 Å². The van der Waals surface area contributed by atoms with Crippen LogP contribution < -0.4 is 0 Å². The van der Waals surface area contributed by atoms with E-state index in [0.717, 1.165) is 29.1 Å². The van der Waals surface area contributed by atoms with Gasteiger partial charge in [-0.2, -0.15) is 0 Å². The second-order valence-electron chi connectivity index (χ2n) is 6.97. The third-order valence-electron chi connectivity index (χ3n) is 5.85. The van der Waals surface area contributed by atoms with Gasteiger partial charge in [-0.05, 0) is 67.6 Å². The van der Waals surface area contributed by atoms with E-state index in [-0.39, 0.29) is 0 Å². The van der Waals surface area contributed by atoms with Gasteiger partial charge in [0.05, 0.1) is 0 Å². The number of hydrogen-bond donors (Lipinski definition) is 0. The van der Waals surface area contributed by atoms with Gasteiger partial charge >= 0.3 is 0 Å². The highest BCUT2D eigenvalue weighted by Crippen LogP contribution is 2.63. The highest BCUT2D eigenvalue weighted by atomic mass is 14.6. The fourth-order valence-electron chi connectivity index (χ4n) is 5.52. The Bertz CT molecular complexity index is 205. The molecule has 0 aromatic rings. The fraction of sp³-hybridized carbons (Fsp3) is 1.00. The van der Waals surface area contributed by atoms with Crippen LogP contribution in [0.1, 0.15) is 65.2 Å². The molecule has 4 fully saturated rings. The standard InChI is InChI=1S/C15H26/c1-3-4-11(2)15-8-12-5-13(9-15)7-14(6-12)10-15/h11-14H,3-10H2,1-2H3. The van der Waals surface area contributed by atoms with E-state index in [9.17, 15) is 0 Å². The van der Waals surface area contributed by atoms with Crippen LogP contribution in [-0.2, 0) is 0 Å². The minimum Gasteiger partial charge on any atom is -0.0654 e. The SMILES string of the molecule is CCCC(C)C12CC3CC(CC(C3)C1)C2. The van der Waals surface area contributed by atoms with Crippen molar-refractivity contribution in [1.29, 1.82) is 0 Å². The summed E-state index contributed by atoms with van der Waals surface area (Å²) in [5, 5.41) is 0. The Morgan fingerprint density at radius 2 is 1.47 bits per heavy atom. The van der Waals surface area contributed by atoms with Crippen molar-refractivity contribution in [1.82, 2.24) is 0 Å². The molecule has 1 unspecified atom stereocenters. The minimum absolute atomic E-state index is 0.810. The lowest BCUT2D eigenvalue weighted by Gasteiger charge is -2.59. The molecule has 0 aromatic heterocycles. The lowest BCUT2D eigenvalue weighted by atomic mass is 9.46. The summed E-state index contributed by atoms with van der Waals surface area (Å²) in [6.07, 6.45) is 12.4. The number of hydrogen-bond acceptors (Lipinski definition) is 0. The van der Waals surface area contributed by atoms with Crippen molar-refractivity contribution in [2.75, 3.05) is 0 Å². The van der Waals surface area contributed by atoms with Crippen molar-refractivity contribution in [3.8, 4) is 0 Å². The lowest BCUT2D eigenvalue weighted by molar-refractivity contribution is -0.0848. The van der Waals surface area contributed by atoms with E-state index < -0.39 is 0 Å². The topological polar surface area (TPSA) is 0 Å². The summed E-state index contributed by atoms with van der Waals surface area (Å²) in [4.78, 5) is 0. The predicted octanol–water partition coefficient (Wildman–Crippen LogP) is 4.64. The van der Waals surface area contributed by atoms with Gasteiger partial charge in [0.2, 0.25) is 0 Å². The van der Waals surface area contributed by atoms with Crippen LogP contribution in [0.4, 0.5) is 0 Å². The average Bonchev–Trinajstić information content (AvgIpc) is 2.15. The molecule has 0 nitrogen and oxygen atoms in total. The molecule has 0 saturated heterocycles. The highest BCUT2D eigenvalue weighted by Gasteiger charge is 2.52. The largest absolute Gasteiger partial charge is 0.0654 e. The van der Waals surface area contributed by atoms with E-state index in [1.165, 1.54) is 12.8 Å². The molecule has 4 aliphatic carbocycles. The second kappa shape index (κ2) is 3.50. The molecule has 1 atom stereocenters. The molecule has 4 bridgehead atoms. The molecule has 4 saturated carbocycles. The summed E-state index contributed by atoms with van der Waals surface area (Å²) in [5.74, 6) is 4.41. The summed E-state index contributed by atoms with van der Waals surface area (Å²) < 4.78 is 0. The molecule has 0 spiro atoms. The molecule has 15 heavy (non-hydrogen) atoms. The number of rotatable bonds is 3. The van der Waals surface area contributed by atoms with Crippen LogP contribution in [-0.4, -0.2) is 0 Å². The Balaban J connectivity index is 1.80. The summed E-state index contributed by atoms with van der Waals surface area (Å²) in [6, 6.07) is 0. The third kappa shape index (κ3) is 1.56. The molecule has 0 radical (unpaired) electrons. The Morgan fingerprint density at radius 3 is 1.87 bits per heavy atom. The first-order chi connectivity index (χ1) is 7.22. The van der Waals surface area contributed by atoms with Crippen molar-refractivity contribution in [2.45, 2.75) is 65.2 Å². The zero-order valence-corrected chi connectivity index (χ0v) is 10.5. The third-order valence-corrected chi connectivity index (χ3v) is 5.85. The summed E-state index contributed by atoms with van der Waals surface area (Å²) in [7, 11) is 0. The van der Waals surface area contributed by atoms with E-state index in [4.69, 9.17) is 0 Å². The highest BCUT2D eigenvalue weighted by molar-refractivity contribution is 5.03. The Kier molecular flexibility index (Phi) is 2.37. The predicted molar refractivity (Wildman–Crippen MR) is 64.7 cm³/mol. The van der Waals surface area contributed by atoms with Gasteiger partial charge in [-0.1, -0.05) is 26.7 Å². The first-order valence-corrected chi connectivity index (χ1v) is 7.22. The lowest BCUT2D eigenvalue weighted by Crippen LogP contribution is -2.48. The molecule has 0 aliphatic heterocycles. The Hall–Kier alpha value is 0. The maximum Gasteiger partial charge on any atom is -0.0264 e. The summed E-state index contributed by atoms with van der Waals surface area (Å²) in [5.41, 5.74) is 0.810. The molecule has 4 rings (SSSR count). The van der Waals surface area contributed by atoms with Crippen LogP contribution >= 0.6 is 0 Å². The van der Waals surface area contributed by atoms with Crippen molar-refractivity contribution in [3.63, 3.8) is 0 Å². The van der Waals surface area contributed by atoms with Crippen LogP contribution in [0.3, 0.4) is 0 Å². The van der Waals surface area contributed by atoms with Gasteiger partial charge in [0.15, 0.2) is 0 Å². The molecule has 0 heterocycles. The molecular weight excluding hydrogens is 180 g/mol. The van der Waals surface area contributed by atoms with Gasteiger partial charge < -0.3 is 0 Å². The van der Waals surface area contributed by atoms with Crippen LogP contribution in [0.15, 0.2) is 0 Å². The van der Waals surface area contributed by atoms with Crippen LogP contribution in [0.25, 0.3) is 0 Å². The van der Waals surface area contributed by atoms with Crippen molar-refractivity contribution in [2.24, 2.45) is 29.1 Å². The first kappa shape index (κ1) is 10.2. The molecule has 0 aromatic carbocycles. The van der Waals surface area contributed by atoms with Crippen molar-refractivity contribution >= 4 is 0 Å². The van der Waals surface area contributed by atoms with Crippen molar-refractivity contribution < 1.29 is 0 Å². The van der Waals surface area contributed by atoms with E-state index in [2.05, 4.69) is 13.8 Å². The quantitative estimate of drug-likeness (QED) is 0.631. The average molecular weight is 206 g/mol. The molecule has 86 valence electrons. The Morgan fingerprint density at radius 1 is 1.00 bits per heavy atom. The fourth-order valence-corrected chi connectivity index (χ4v) is 5.52. The summed E-state index contributed by atoms with van der Waals surface area (Å²) in [6.45, 7) is 4.91. The minimum atomic E-state index is 0.810. The van der Waals surface area contributed by atoms with Gasteiger partial charge in [0, 0.05) is 0 Å². The second-order valence-corrected chi connectivity index (χ2v) is 6.97. The smallest absolute Gasteiger partial charge is 0.0264 e.